The highest BCUT2D eigenvalue weighted by Gasteiger charge is 1.91. The van der Waals surface area contributed by atoms with E-state index in [9.17, 15) is 0 Å². The lowest BCUT2D eigenvalue weighted by Crippen LogP contribution is -2.12. The Morgan fingerprint density at radius 3 is 2.00 bits per heavy atom. The predicted molar refractivity (Wildman–Crippen MR) is 29.7 cm³/mol. The van der Waals surface area contributed by atoms with Gasteiger partial charge in [-0.25, -0.2) is 5.06 Å². The minimum atomic E-state index is 1.00. The van der Waals surface area contributed by atoms with E-state index in [0.717, 1.165) is 5.06 Å². The Labute approximate surface area is 48.1 Å². The van der Waals surface area contributed by atoms with Gasteiger partial charge in [0, 0.05) is 31.8 Å². The van der Waals surface area contributed by atoms with Crippen LogP contribution in [0.1, 0.15) is 0 Å². The molecule has 3 nitrogen and oxygen atoms in total. The van der Waals surface area contributed by atoms with E-state index in [1.165, 1.54) is 0 Å². The largest absolute Gasteiger partial charge is 0.354 e. The van der Waals surface area contributed by atoms with Crippen molar-refractivity contribution in [3.63, 3.8) is 0 Å². The van der Waals surface area contributed by atoms with Gasteiger partial charge in [-0.1, -0.05) is 0 Å². The van der Waals surface area contributed by atoms with Gasteiger partial charge >= 0.3 is 0 Å². The van der Waals surface area contributed by atoms with E-state index >= 15 is 0 Å². The lowest BCUT2D eigenvalue weighted by molar-refractivity contribution is 0.00636. The summed E-state index contributed by atoms with van der Waals surface area (Å²) in [5, 5.41) is 9.66. The van der Waals surface area contributed by atoms with Gasteiger partial charge in [-0.2, -0.15) is 0 Å². The molecule has 0 spiro atoms. The average molecular weight is 112 g/mol. The van der Waals surface area contributed by atoms with Gasteiger partial charge < -0.3 is 4.90 Å². The van der Waals surface area contributed by atoms with Crippen molar-refractivity contribution >= 4 is 0 Å². The van der Waals surface area contributed by atoms with Crippen molar-refractivity contribution in [2.45, 2.75) is 0 Å². The van der Waals surface area contributed by atoms with Crippen molar-refractivity contribution in [3.05, 3.63) is 24.8 Å². The van der Waals surface area contributed by atoms with Crippen LogP contribution in [0.3, 0.4) is 0 Å². The summed E-state index contributed by atoms with van der Waals surface area (Å²) in [5.41, 5.74) is 0. The van der Waals surface area contributed by atoms with E-state index in [2.05, 4.69) is 0 Å². The Bertz CT molecular complexity index is 102. The molecule has 0 atom stereocenters. The van der Waals surface area contributed by atoms with Crippen molar-refractivity contribution in [3.8, 4) is 0 Å². The number of nitrogens with zero attached hydrogens (tertiary/aromatic N) is 2. The smallest absolute Gasteiger partial charge is 0.0487 e. The molecule has 0 fully saturated rings. The van der Waals surface area contributed by atoms with Crippen LogP contribution in [0.25, 0.3) is 0 Å². The molecular formula is C5H8N2O. The molecule has 0 amide bonds. The fourth-order valence-electron chi connectivity index (χ4n) is 0.446. The summed E-state index contributed by atoms with van der Waals surface area (Å²) in [6.07, 6.45) is 6.61. The van der Waals surface area contributed by atoms with Gasteiger partial charge in [0.2, 0.25) is 0 Å². The molecule has 0 aliphatic carbocycles. The van der Waals surface area contributed by atoms with Gasteiger partial charge in [0.05, 0.1) is 0 Å². The van der Waals surface area contributed by atoms with Gasteiger partial charge in [0.15, 0.2) is 0 Å². The zero-order chi connectivity index (χ0) is 5.98. The Hall–Kier alpha value is -0.960. The van der Waals surface area contributed by atoms with Gasteiger partial charge in [-0.05, 0) is 0 Å². The first-order valence-corrected chi connectivity index (χ1v) is 2.35. The van der Waals surface area contributed by atoms with Gasteiger partial charge in [0.25, 0.3) is 0 Å². The average Bonchev–Trinajstić information content (AvgIpc) is 1.77. The normalized spacial score (nSPS) is 17.8. The van der Waals surface area contributed by atoms with E-state index in [0.29, 0.717) is 0 Å². The van der Waals surface area contributed by atoms with Crippen molar-refractivity contribution < 1.29 is 5.21 Å². The van der Waals surface area contributed by atoms with Crippen molar-refractivity contribution in [2.75, 3.05) is 7.05 Å². The van der Waals surface area contributed by atoms with E-state index in [1.54, 1.807) is 24.8 Å². The Kier molecular flexibility index (Phi) is 1.22. The molecule has 1 aliphatic heterocycles. The molecule has 1 aliphatic rings. The van der Waals surface area contributed by atoms with Crippen molar-refractivity contribution in [1.29, 1.82) is 0 Å². The molecule has 0 aromatic rings. The van der Waals surface area contributed by atoms with Crippen LogP contribution in [0.2, 0.25) is 0 Å². The monoisotopic (exact) mass is 112 g/mol. The van der Waals surface area contributed by atoms with Gasteiger partial charge in [-0.15, -0.1) is 0 Å². The molecular weight excluding hydrogens is 104 g/mol. The second-order valence-corrected chi connectivity index (χ2v) is 1.64. The molecule has 0 saturated carbocycles. The summed E-state index contributed by atoms with van der Waals surface area (Å²) >= 11 is 0. The first-order chi connectivity index (χ1) is 3.79. The molecule has 1 rings (SSSR count). The standard InChI is InChI=1S/C5H8N2O/c1-6-2-4-7(8)5-3-6/h2-5,8H,1H3. The summed E-state index contributed by atoms with van der Waals surface area (Å²) in [7, 11) is 1.89. The maximum atomic E-state index is 8.66. The minimum absolute atomic E-state index is 1.00. The highest BCUT2D eigenvalue weighted by Crippen LogP contribution is 1.96. The van der Waals surface area contributed by atoms with Gasteiger partial charge in [0.1, 0.15) is 0 Å². The van der Waals surface area contributed by atoms with E-state index in [4.69, 9.17) is 5.21 Å². The van der Waals surface area contributed by atoms with Crippen LogP contribution in [0.5, 0.6) is 0 Å². The number of rotatable bonds is 0. The van der Waals surface area contributed by atoms with E-state index in [1.807, 2.05) is 11.9 Å². The number of hydrogen-bond acceptors (Lipinski definition) is 3. The van der Waals surface area contributed by atoms with Crippen LogP contribution < -0.4 is 0 Å². The van der Waals surface area contributed by atoms with Gasteiger partial charge in [-0.3, -0.25) is 5.21 Å². The molecule has 0 radical (unpaired) electrons. The second kappa shape index (κ2) is 1.88. The molecule has 1 heterocycles. The molecule has 1 N–H and O–H groups in total. The lowest BCUT2D eigenvalue weighted by atomic mass is 10.6. The molecule has 0 aromatic heterocycles. The third-order valence-electron chi connectivity index (χ3n) is 0.909. The van der Waals surface area contributed by atoms with Crippen LogP contribution in [-0.4, -0.2) is 22.2 Å². The fourth-order valence-corrected chi connectivity index (χ4v) is 0.446. The van der Waals surface area contributed by atoms with E-state index in [-0.39, 0.29) is 0 Å². The lowest BCUT2D eigenvalue weighted by Gasteiger charge is -2.15. The molecule has 0 aromatic carbocycles. The summed E-state index contributed by atoms with van der Waals surface area (Å²) in [5.74, 6) is 0. The molecule has 0 saturated heterocycles. The highest BCUT2D eigenvalue weighted by atomic mass is 16.5. The summed E-state index contributed by atoms with van der Waals surface area (Å²) in [6.45, 7) is 0. The van der Waals surface area contributed by atoms with Crippen LogP contribution >= 0.6 is 0 Å². The minimum Gasteiger partial charge on any atom is -0.354 e. The SMILES string of the molecule is CN1C=CN(O)C=C1. The molecule has 8 heavy (non-hydrogen) atoms. The topological polar surface area (TPSA) is 26.7 Å². The Balaban J connectivity index is 2.54. The predicted octanol–water partition coefficient (Wildman–Crippen LogP) is 0.565. The summed E-state index contributed by atoms with van der Waals surface area (Å²) in [6, 6.07) is 0. The zero-order valence-electron chi connectivity index (χ0n) is 4.65. The Morgan fingerprint density at radius 2 is 1.62 bits per heavy atom. The quantitative estimate of drug-likeness (QED) is 0.496. The van der Waals surface area contributed by atoms with Crippen LogP contribution in [0.4, 0.5) is 0 Å². The second-order valence-electron chi connectivity index (χ2n) is 1.64. The molecule has 44 valence electrons. The fraction of sp³-hybridized carbons (Fsp3) is 0.200. The third-order valence-corrected chi connectivity index (χ3v) is 0.909. The molecule has 0 unspecified atom stereocenters. The van der Waals surface area contributed by atoms with Crippen molar-refractivity contribution in [1.82, 2.24) is 9.96 Å². The highest BCUT2D eigenvalue weighted by molar-refractivity contribution is 4.95. The summed E-state index contributed by atoms with van der Waals surface area (Å²) < 4.78 is 0. The first kappa shape index (κ1) is 5.18. The zero-order valence-corrected chi connectivity index (χ0v) is 4.65. The first-order valence-electron chi connectivity index (χ1n) is 2.35. The van der Waals surface area contributed by atoms with Crippen LogP contribution in [0, 0.1) is 0 Å². The third kappa shape index (κ3) is 1.01. The summed E-state index contributed by atoms with van der Waals surface area (Å²) in [4.78, 5) is 1.84. The molecule has 3 heteroatoms. The van der Waals surface area contributed by atoms with Crippen LogP contribution in [-0.2, 0) is 0 Å². The Morgan fingerprint density at radius 1 is 1.12 bits per heavy atom. The maximum Gasteiger partial charge on any atom is 0.0487 e. The number of hydrogen-bond donors (Lipinski definition) is 1. The van der Waals surface area contributed by atoms with Crippen LogP contribution in [0.15, 0.2) is 24.8 Å². The van der Waals surface area contributed by atoms with Crippen molar-refractivity contribution in [2.24, 2.45) is 0 Å². The van der Waals surface area contributed by atoms with E-state index < -0.39 is 0 Å². The molecule has 0 bridgehead atoms. The maximum absolute atomic E-state index is 8.66. The number of hydroxylamine groups is 2.